The molecule has 0 bridgehead atoms. The number of benzene rings is 3. The van der Waals surface area contributed by atoms with E-state index < -0.39 is 6.10 Å². The number of hydrogen-bond acceptors (Lipinski definition) is 4. The van der Waals surface area contributed by atoms with Gasteiger partial charge in [-0.1, -0.05) is 48.5 Å². The average molecular weight is 442 g/mol. The Morgan fingerprint density at radius 1 is 1.06 bits per heavy atom. The van der Waals surface area contributed by atoms with E-state index in [4.69, 9.17) is 4.74 Å². The first-order valence-electron chi connectivity index (χ1n) is 11.3. The lowest BCUT2D eigenvalue weighted by Crippen LogP contribution is -2.34. The minimum atomic E-state index is -0.569. The van der Waals surface area contributed by atoms with Crippen molar-refractivity contribution in [3.63, 3.8) is 0 Å². The highest BCUT2D eigenvalue weighted by Gasteiger charge is 2.22. The van der Waals surface area contributed by atoms with E-state index in [0.717, 1.165) is 34.3 Å². The zero-order valence-corrected chi connectivity index (χ0v) is 18.4. The Bertz CT molecular complexity index is 1250. The fraction of sp³-hybridized carbons (Fsp3) is 0.259. The van der Waals surface area contributed by atoms with E-state index in [1.165, 1.54) is 5.56 Å². The fourth-order valence-corrected chi connectivity index (χ4v) is 4.33. The van der Waals surface area contributed by atoms with Gasteiger partial charge >= 0.3 is 0 Å². The maximum absolute atomic E-state index is 13.1. The number of aryl methyl sites for hydroxylation is 1. The molecular formula is C27H27N3O3. The predicted octanol–water partition coefficient (Wildman–Crippen LogP) is 4.12. The zero-order chi connectivity index (χ0) is 22.6. The molecule has 2 heterocycles. The number of fused-ring (bicyclic) bond motifs is 2. The number of ether oxygens (including phenoxy) is 1. The number of carbonyl (C=O) groups is 1. The quantitative estimate of drug-likeness (QED) is 0.489. The molecule has 0 spiro atoms. The monoisotopic (exact) mass is 441 g/mol. The molecule has 4 aromatic rings. The average Bonchev–Trinajstić information content (AvgIpc) is 3.12. The van der Waals surface area contributed by atoms with Crippen LogP contribution in [0.15, 0.2) is 79.1 Å². The van der Waals surface area contributed by atoms with E-state index in [1.54, 1.807) is 6.33 Å². The van der Waals surface area contributed by atoms with E-state index in [2.05, 4.69) is 17.1 Å². The summed E-state index contributed by atoms with van der Waals surface area (Å²) in [7, 11) is 0. The largest absolute Gasteiger partial charge is 0.491 e. The van der Waals surface area contributed by atoms with Crippen LogP contribution in [-0.4, -0.2) is 38.6 Å². The number of aliphatic hydroxyl groups is 1. The number of imidazole rings is 1. The molecule has 1 aliphatic heterocycles. The summed E-state index contributed by atoms with van der Waals surface area (Å²) in [4.78, 5) is 19.3. The summed E-state index contributed by atoms with van der Waals surface area (Å²) in [5.41, 5.74) is 4.80. The second-order valence-electron chi connectivity index (χ2n) is 8.43. The van der Waals surface area contributed by atoms with Crippen LogP contribution in [-0.2, 0) is 24.3 Å². The Balaban J connectivity index is 1.28. The molecule has 0 radical (unpaired) electrons. The topological polar surface area (TPSA) is 67.6 Å². The minimum Gasteiger partial charge on any atom is -0.491 e. The summed E-state index contributed by atoms with van der Waals surface area (Å²) >= 11 is 0. The van der Waals surface area contributed by atoms with Crippen molar-refractivity contribution in [2.24, 2.45) is 0 Å². The van der Waals surface area contributed by atoms with Gasteiger partial charge in [0.15, 0.2) is 0 Å². The standard InChI is InChI=1S/C27H27N3O3/c31-25(12-10-20-6-2-1-3-7-20)21-11-13-26-22(16-21)17-29(14-15-33-26)27(32)18-30-19-28-23-8-4-5-9-24(23)30/h1-9,11,13,16,19,25,31H,10,12,14-15,17-18H2. The predicted molar refractivity (Wildman–Crippen MR) is 127 cm³/mol. The first-order valence-corrected chi connectivity index (χ1v) is 11.3. The van der Waals surface area contributed by atoms with Crippen molar-refractivity contribution in [2.75, 3.05) is 13.2 Å². The molecule has 6 heteroatoms. The van der Waals surface area contributed by atoms with Crippen molar-refractivity contribution >= 4 is 16.9 Å². The summed E-state index contributed by atoms with van der Waals surface area (Å²) in [6, 6.07) is 23.8. The maximum atomic E-state index is 13.1. The van der Waals surface area contributed by atoms with Crippen molar-refractivity contribution in [3.05, 3.63) is 95.8 Å². The Kier molecular flexibility index (Phi) is 6.09. The van der Waals surface area contributed by atoms with Crippen LogP contribution in [0.3, 0.4) is 0 Å². The van der Waals surface area contributed by atoms with Gasteiger partial charge in [0.1, 0.15) is 18.9 Å². The molecule has 1 atom stereocenters. The van der Waals surface area contributed by atoms with Gasteiger partial charge in [-0.15, -0.1) is 0 Å². The van der Waals surface area contributed by atoms with Crippen molar-refractivity contribution in [1.29, 1.82) is 0 Å². The van der Waals surface area contributed by atoms with Crippen LogP contribution in [0.25, 0.3) is 11.0 Å². The van der Waals surface area contributed by atoms with E-state index in [1.807, 2.05) is 70.1 Å². The molecule has 1 aromatic heterocycles. The summed E-state index contributed by atoms with van der Waals surface area (Å²) in [6.07, 6.45) is 2.59. The Morgan fingerprint density at radius 3 is 2.76 bits per heavy atom. The summed E-state index contributed by atoms with van der Waals surface area (Å²) in [6.45, 7) is 1.65. The van der Waals surface area contributed by atoms with E-state index in [-0.39, 0.29) is 12.5 Å². The van der Waals surface area contributed by atoms with Gasteiger partial charge in [-0.05, 0) is 48.2 Å². The third-order valence-electron chi connectivity index (χ3n) is 6.18. The highest BCUT2D eigenvalue weighted by Crippen LogP contribution is 2.29. The number of amides is 1. The summed E-state index contributed by atoms with van der Waals surface area (Å²) in [5.74, 6) is 0.794. The lowest BCUT2D eigenvalue weighted by Gasteiger charge is -2.21. The molecule has 6 nitrogen and oxygen atoms in total. The van der Waals surface area contributed by atoms with Crippen LogP contribution in [0, 0.1) is 0 Å². The fourth-order valence-electron chi connectivity index (χ4n) is 4.33. The van der Waals surface area contributed by atoms with Crippen molar-refractivity contribution in [2.45, 2.75) is 32.0 Å². The van der Waals surface area contributed by atoms with Crippen LogP contribution in [0.1, 0.15) is 29.2 Å². The lowest BCUT2D eigenvalue weighted by molar-refractivity contribution is -0.132. The third-order valence-corrected chi connectivity index (χ3v) is 6.18. The molecule has 3 aromatic carbocycles. The van der Waals surface area contributed by atoms with Crippen LogP contribution < -0.4 is 4.74 Å². The van der Waals surface area contributed by atoms with Gasteiger partial charge < -0.3 is 19.3 Å². The molecule has 168 valence electrons. The van der Waals surface area contributed by atoms with Gasteiger partial charge in [0.05, 0.1) is 30.0 Å². The second kappa shape index (κ2) is 9.46. The molecule has 0 saturated carbocycles. The SMILES string of the molecule is O=C(Cn1cnc2ccccc21)N1CCOc2ccc(C(O)CCc3ccccc3)cc2C1. The molecule has 0 aliphatic carbocycles. The first kappa shape index (κ1) is 21.2. The summed E-state index contributed by atoms with van der Waals surface area (Å²) in [5, 5.41) is 10.8. The Labute approximate surface area is 193 Å². The smallest absolute Gasteiger partial charge is 0.242 e. The van der Waals surface area contributed by atoms with Crippen molar-refractivity contribution in [1.82, 2.24) is 14.5 Å². The molecule has 1 aliphatic rings. The lowest BCUT2D eigenvalue weighted by atomic mass is 9.99. The highest BCUT2D eigenvalue weighted by molar-refractivity contribution is 5.80. The van der Waals surface area contributed by atoms with Gasteiger partial charge in [-0.2, -0.15) is 0 Å². The van der Waals surface area contributed by atoms with Crippen LogP contribution >= 0.6 is 0 Å². The third kappa shape index (κ3) is 4.76. The van der Waals surface area contributed by atoms with Gasteiger partial charge in [-0.25, -0.2) is 4.98 Å². The number of carbonyl (C=O) groups excluding carboxylic acids is 1. The van der Waals surface area contributed by atoms with E-state index >= 15 is 0 Å². The molecule has 33 heavy (non-hydrogen) atoms. The van der Waals surface area contributed by atoms with Crippen LogP contribution in [0.4, 0.5) is 0 Å². The van der Waals surface area contributed by atoms with Gasteiger partial charge in [-0.3, -0.25) is 4.79 Å². The second-order valence-corrected chi connectivity index (χ2v) is 8.43. The molecular weight excluding hydrogens is 414 g/mol. The van der Waals surface area contributed by atoms with Gasteiger partial charge in [0.2, 0.25) is 5.91 Å². The number of hydrogen-bond donors (Lipinski definition) is 1. The molecule has 1 N–H and O–H groups in total. The number of rotatable bonds is 6. The Hall–Kier alpha value is -3.64. The van der Waals surface area contributed by atoms with Crippen molar-refractivity contribution in [3.8, 4) is 5.75 Å². The minimum absolute atomic E-state index is 0.0182. The molecule has 0 saturated heterocycles. The first-order chi connectivity index (χ1) is 16.2. The number of nitrogens with zero attached hydrogens (tertiary/aromatic N) is 3. The molecule has 5 rings (SSSR count). The number of aromatic nitrogens is 2. The highest BCUT2D eigenvalue weighted by atomic mass is 16.5. The van der Waals surface area contributed by atoms with Crippen molar-refractivity contribution < 1.29 is 14.6 Å². The summed E-state index contributed by atoms with van der Waals surface area (Å²) < 4.78 is 7.79. The number of para-hydroxylation sites is 2. The van der Waals surface area contributed by atoms with E-state index in [9.17, 15) is 9.90 Å². The van der Waals surface area contributed by atoms with Crippen LogP contribution in [0.2, 0.25) is 0 Å². The van der Waals surface area contributed by atoms with Gasteiger partial charge in [0, 0.05) is 12.1 Å². The van der Waals surface area contributed by atoms with Crippen LogP contribution in [0.5, 0.6) is 5.75 Å². The normalized spacial score (nSPS) is 14.4. The molecule has 0 fully saturated rings. The van der Waals surface area contributed by atoms with Gasteiger partial charge in [0.25, 0.3) is 0 Å². The Morgan fingerprint density at radius 2 is 1.88 bits per heavy atom. The zero-order valence-electron chi connectivity index (χ0n) is 18.4. The maximum Gasteiger partial charge on any atom is 0.242 e. The number of aliphatic hydroxyl groups excluding tert-OH is 1. The molecule has 1 amide bonds. The molecule has 1 unspecified atom stereocenters. The van der Waals surface area contributed by atoms with E-state index in [0.29, 0.717) is 26.1 Å².